The number of nitrogens with one attached hydrogen (secondary N) is 1. The maximum atomic E-state index is 12.4. The molecule has 31 heavy (non-hydrogen) atoms. The van der Waals surface area contributed by atoms with Gasteiger partial charge in [0.15, 0.2) is 0 Å². The van der Waals surface area contributed by atoms with Crippen molar-refractivity contribution in [3.8, 4) is 0 Å². The van der Waals surface area contributed by atoms with Crippen LogP contribution in [-0.4, -0.2) is 22.0 Å². The third-order valence-corrected chi connectivity index (χ3v) is 6.18. The number of aryl methyl sites for hydroxylation is 1. The van der Waals surface area contributed by atoms with Crippen molar-refractivity contribution in [1.29, 1.82) is 0 Å². The number of benzene rings is 2. The van der Waals surface area contributed by atoms with Crippen LogP contribution in [0.3, 0.4) is 0 Å². The van der Waals surface area contributed by atoms with Crippen molar-refractivity contribution in [2.24, 2.45) is 0 Å². The Labute approximate surface area is 194 Å². The van der Waals surface area contributed by atoms with Crippen LogP contribution in [0.25, 0.3) is 11.0 Å². The van der Waals surface area contributed by atoms with E-state index in [1.54, 1.807) is 0 Å². The zero-order chi connectivity index (χ0) is 21.9. The highest BCUT2D eigenvalue weighted by Crippen LogP contribution is 2.18. The monoisotopic (exact) mass is 483 g/mol. The van der Waals surface area contributed by atoms with Gasteiger partial charge in [-0.2, -0.15) is 0 Å². The lowest BCUT2D eigenvalue weighted by molar-refractivity contribution is 0.0954. The second-order valence-corrected chi connectivity index (χ2v) is 9.08. The van der Waals surface area contributed by atoms with E-state index in [1.807, 2.05) is 30.3 Å². The number of rotatable bonds is 13. The molecule has 3 rings (SSSR count). The summed E-state index contributed by atoms with van der Waals surface area (Å²) in [5.74, 6) is 1.01. The van der Waals surface area contributed by atoms with Crippen LogP contribution < -0.4 is 5.32 Å². The summed E-state index contributed by atoms with van der Waals surface area (Å²) in [6.07, 6.45) is 11.2. The molecule has 0 aliphatic heterocycles. The van der Waals surface area contributed by atoms with E-state index < -0.39 is 0 Å². The van der Waals surface area contributed by atoms with Crippen LogP contribution in [0, 0.1) is 0 Å². The lowest BCUT2D eigenvalue weighted by Gasteiger charge is -2.10. The summed E-state index contributed by atoms with van der Waals surface area (Å²) >= 11 is 3.42. The topological polar surface area (TPSA) is 46.9 Å². The smallest absolute Gasteiger partial charge is 0.251 e. The van der Waals surface area contributed by atoms with E-state index >= 15 is 0 Å². The fourth-order valence-electron chi connectivity index (χ4n) is 3.99. The Balaban J connectivity index is 1.53. The van der Waals surface area contributed by atoms with E-state index in [2.05, 4.69) is 50.9 Å². The number of para-hydroxylation sites is 2. The molecule has 3 aromatic rings. The molecule has 0 spiro atoms. The molecule has 1 heterocycles. The van der Waals surface area contributed by atoms with Crippen molar-refractivity contribution in [1.82, 2.24) is 14.9 Å². The number of hydrogen-bond donors (Lipinski definition) is 1. The molecule has 2 aromatic carbocycles. The highest BCUT2D eigenvalue weighted by Gasteiger charge is 2.11. The third-order valence-electron chi connectivity index (χ3n) is 5.69. The lowest BCUT2D eigenvalue weighted by Crippen LogP contribution is -2.26. The van der Waals surface area contributed by atoms with Gasteiger partial charge >= 0.3 is 0 Å². The normalized spacial score (nSPS) is 11.2. The Morgan fingerprint density at radius 3 is 2.48 bits per heavy atom. The standard InChI is InChI=1S/C26H34BrN3O/c1-2-3-4-5-6-7-8-11-19-30-24-16-10-9-15-23(24)29-25(30)17-18-28-26(31)21-13-12-14-22(27)20-21/h9-10,12-16,20H,2-8,11,17-19H2,1H3,(H,28,31). The predicted molar refractivity (Wildman–Crippen MR) is 133 cm³/mol. The summed E-state index contributed by atoms with van der Waals surface area (Å²) in [7, 11) is 0. The molecule has 1 aromatic heterocycles. The quantitative estimate of drug-likeness (QED) is 0.268. The van der Waals surface area contributed by atoms with E-state index in [1.165, 1.54) is 56.9 Å². The maximum Gasteiger partial charge on any atom is 0.251 e. The van der Waals surface area contributed by atoms with E-state index in [0.717, 1.165) is 28.8 Å². The molecule has 1 amide bonds. The maximum absolute atomic E-state index is 12.4. The summed E-state index contributed by atoms with van der Waals surface area (Å²) < 4.78 is 3.25. The molecule has 5 heteroatoms. The lowest BCUT2D eigenvalue weighted by atomic mass is 10.1. The molecule has 0 saturated carbocycles. The number of aromatic nitrogens is 2. The van der Waals surface area contributed by atoms with Gasteiger partial charge in [0.25, 0.3) is 5.91 Å². The minimum absolute atomic E-state index is 0.0490. The molecule has 0 bridgehead atoms. The van der Waals surface area contributed by atoms with Crippen molar-refractivity contribution in [2.45, 2.75) is 71.3 Å². The van der Waals surface area contributed by atoms with E-state index in [9.17, 15) is 4.79 Å². The first kappa shape index (κ1) is 23.5. The van der Waals surface area contributed by atoms with Gasteiger partial charge in [0.1, 0.15) is 5.82 Å². The average Bonchev–Trinajstić information content (AvgIpc) is 3.13. The van der Waals surface area contributed by atoms with Gasteiger partial charge in [0, 0.05) is 29.5 Å². The summed E-state index contributed by atoms with van der Waals surface area (Å²) in [5.41, 5.74) is 2.90. The first-order valence-corrected chi connectivity index (χ1v) is 12.5. The number of halogens is 1. The van der Waals surface area contributed by atoms with Crippen LogP contribution in [0.2, 0.25) is 0 Å². The van der Waals surface area contributed by atoms with Gasteiger partial charge in [-0.1, -0.05) is 86.0 Å². The number of carbonyl (C=O) groups excluding carboxylic acids is 1. The first-order chi connectivity index (χ1) is 15.2. The van der Waals surface area contributed by atoms with Crippen LogP contribution >= 0.6 is 15.9 Å². The van der Waals surface area contributed by atoms with E-state index in [0.29, 0.717) is 12.1 Å². The molecular weight excluding hydrogens is 450 g/mol. The molecule has 4 nitrogen and oxygen atoms in total. The molecule has 0 fully saturated rings. The largest absolute Gasteiger partial charge is 0.352 e. The van der Waals surface area contributed by atoms with Gasteiger partial charge in [-0.25, -0.2) is 4.98 Å². The van der Waals surface area contributed by atoms with Crippen LogP contribution in [0.5, 0.6) is 0 Å². The number of carbonyl (C=O) groups is 1. The minimum Gasteiger partial charge on any atom is -0.352 e. The van der Waals surface area contributed by atoms with Crippen LogP contribution in [-0.2, 0) is 13.0 Å². The average molecular weight is 484 g/mol. The first-order valence-electron chi connectivity index (χ1n) is 11.7. The van der Waals surface area contributed by atoms with Gasteiger partial charge in [0.2, 0.25) is 0 Å². The van der Waals surface area contributed by atoms with Gasteiger partial charge in [-0.05, 0) is 36.8 Å². The van der Waals surface area contributed by atoms with Gasteiger partial charge in [-0.3, -0.25) is 4.79 Å². The Hall–Kier alpha value is -2.14. The fraction of sp³-hybridized carbons (Fsp3) is 0.462. The SMILES string of the molecule is CCCCCCCCCCn1c(CCNC(=O)c2cccc(Br)c2)nc2ccccc21. The van der Waals surface area contributed by atoms with Crippen LogP contribution in [0.1, 0.15) is 74.5 Å². The fourth-order valence-corrected chi connectivity index (χ4v) is 4.39. The van der Waals surface area contributed by atoms with E-state index in [4.69, 9.17) is 4.98 Å². The number of nitrogens with zero attached hydrogens (tertiary/aromatic N) is 2. The predicted octanol–water partition coefficient (Wildman–Crippen LogP) is 6.91. The summed E-state index contributed by atoms with van der Waals surface area (Å²) in [4.78, 5) is 17.3. The molecule has 1 N–H and O–H groups in total. The molecule has 0 saturated heterocycles. The number of amides is 1. The molecule has 0 aliphatic carbocycles. The second-order valence-electron chi connectivity index (χ2n) is 8.16. The Bertz CT molecular complexity index is 966. The van der Waals surface area contributed by atoms with Crippen molar-refractivity contribution in [2.75, 3.05) is 6.54 Å². The van der Waals surface area contributed by atoms with Gasteiger partial charge in [0.05, 0.1) is 11.0 Å². The van der Waals surface area contributed by atoms with Crippen molar-refractivity contribution >= 4 is 32.9 Å². The molecular formula is C26H34BrN3O. The van der Waals surface area contributed by atoms with Crippen LogP contribution in [0.4, 0.5) is 0 Å². The minimum atomic E-state index is -0.0490. The molecule has 0 aliphatic rings. The Kier molecular flexibility index (Phi) is 9.60. The van der Waals surface area contributed by atoms with Crippen molar-refractivity contribution in [3.05, 3.63) is 64.4 Å². The Morgan fingerprint density at radius 1 is 0.968 bits per heavy atom. The Morgan fingerprint density at radius 2 is 1.71 bits per heavy atom. The number of unbranched alkanes of at least 4 members (excludes halogenated alkanes) is 7. The van der Waals surface area contributed by atoms with Crippen LogP contribution in [0.15, 0.2) is 53.0 Å². The zero-order valence-electron chi connectivity index (χ0n) is 18.6. The van der Waals surface area contributed by atoms with Crippen molar-refractivity contribution in [3.63, 3.8) is 0 Å². The number of imidazole rings is 1. The second kappa shape index (κ2) is 12.7. The summed E-state index contributed by atoms with van der Waals surface area (Å²) in [5, 5.41) is 3.03. The van der Waals surface area contributed by atoms with Crippen molar-refractivity contribution < 1.29 is 4.79 Å². The summed E-state index contributed by atoms with van der Waals surface area (Å²) in [6, 6.07) is 15.8. The highest BCUT2D eigenvalue weighted by atomic mass is 79.9. The summed E-state index contributed by atoms with van der Waals surface area (Å²) in [6.45, 7) is 3.83. The zero-order valence-corrected chi connectivity index (χ0v) is 20.2. The molecule has 0 radical (unpaired) electrons. The number of fused-ring (bicyclic) bond motifs is 1. The van der Waals surface area contributed by atoms with Gasteiger partial charge in [-0.15, -0.1) is 0 Å². The molecule has 0 unspecified atom stereocenters. The van der Waals surface area contributed by atoms with E-state index in [-0.39, 0.29) is 5.91 Å². The third kappa shape index (κ3) is 7.20. The highest BCUT2D eigenvalue weighted by molar-refractivity contribution is 9.10. The van der Waals surface area contributed by atoms with Gasteiger partial charge < -0.3 is 9.88 Å². The molecule has 0 atom stereocenters. The molecule has 166 valence electrons. The number of hydrogen-bond acceptors (Lipinski definition) is 2.